The minimum absolute atomic E-state index is 0.0840. The summed E-state index contributed by atoms with van der Waals surface area (Å²) in [5.74, 6) is -0.0463. The van der Waals surface area contributed by atoms with Gasteiger partial charge in [0, 0.05) is 6.08 Å². The first kappa shape index (κ1) is 13.8. The van der Waals surface area contributed by atoms with E-state index in [1.54, 1.807) is 0 Å². The molecule has 0 saturated heterocycles. The standard InChI is InChI=1S/C10H18O4Si/c1-8(14-15(4,5)6)7-9(12-2)10(11)13-3/h7H,1H2,2-6H3/b9-7-. The van der Waals surface area contributed by atoms with E-state index in [2.05, 4.69) is 11.3 Å². The van der Waals surface area contributed by atoms with Gasteiger partial charge in [-0.2, -0.15) is 0 Å². The third-order valence-corrected chi connectivity index (χ3v) is 2.21. The molecule has 0 aliphatic heterocycles. The molecule has 86 valence electrons. The number of allylic oxidation sites excluding steroid dienone is 1. The Bertz CT molecular complexity index is 276. The molecule has 0 fully saturated rings. The van der Waals surface area contributed by atoms with Gasteiger partial charge >= 0.3 is 5.97 Å². The number of methoxy groups -OCH3 is 2. The summed E-state index contributed by atoms with van der Waals surface area (Å²) in [6, 6.07) is 0. The summed E-state index contributed by atoms with van der Waals surface area (Å²) in [5.41, 5.74) is 0. The number of hydrogen-bond acceptors (Lipinski definition) is 4. The lowest BCUT2D eigenvalue weighted by molar-refractivity contribution is -0.139. The van der Waals surface area contributed by atoms with Crippen molar-refractivity contribution in [3.8, 4) is 0 Å². The molecule has 0 heterocycles. The number of carbonyl (C=O) groups is 1. The fraction of sp³-hybridized carbons (Fsp3) is 0.500. The lowest BCUT2D eigenvalue weighted by atomic mass is 10.4. The van der Waals surface area contributed by atoms with Crippen LogP contribution < -0.4 is 0 Å². The Hall–Kier alpha value is -1.23. The SMILES string of the molecule is C=C(/C=C(\OC)C(=O)OC)O[Si](C)(C)C. The maximum absolute atomic E-state index is 11.1. The van der Waals surface area contributed by atoms with E-state index in [-0.39, 0.29) is 5.76 Å². The first-order chi connectivity index (χ1) is 6.80. The summed E-state index contributed by atoms with van der Waals surface area (Å²) in [7, 11) is 0.986. The minimum atomic E-state index is -1.70. The molecule has 0 N–H and O–H groups in total. The number of carbonyl (C=O) groups excluding carboxylic acids is 1. The summed E-state index contributed by atoms with van der Waals surface area (Å²) in [6.07, 6.45) is 1.43. The van der Waals surface area contributed by atoms with E-state index < -0.39 is 14.3 Å². The molecule has 0 amide bonds. The van der Waals surface area contributed by atoms with Gasteiger partial charge in [-0.25, -0.2) is 4.79 Å². The van der Waals surface area contributed by atoms with Crippen LogP contribution in [0.5, 0.6) is 0 Å². The number of hydrogen-bond donors (Lipinski definition) is 0. The van der Waals surface area contributed by atoms with Crippen LogP contribution >= 0.6 is 0 Å². The van der Waals surface area contributed by atoms with Crippen LogP contribution in [0.15, 0.2) is 24.2 Å². The van der Waals surface area contributed by atoms with Crippen molar-refractivity contribution in [2.24, 2.45) is 0 Å². The van der Waals surface area contributed by atoms with Crippen molar-refractivity contribution in [3.05, 3.63) is 24.2 Å². The fourth-order valence-corrected chi connectivity index (χ4v) is 1.72. The van der Waals surface area contributed by atoms with Gasteiger partial charge in [-0.15, -0.1) is 0 Å². The van der Waals surface area contributed by atoms with E-state index >= 15 is 0 Å². The highest BCUT2D eigenvalue weighted by Crippen LogP contribution is 2.12. The molecule has 0 rings (SSSR count). The summed E-state index contributed by atoms with van der Waals surface area (Å²) in [5, 5.41) is 0. The Morgan fingerprint density at radius 2 is 1.73 bits per heavy atom. The molecule has 0 aromatic heterocycles. The van der Waals surface area contributed by atoms with Gasteiger partial charge in [0.1, 0.15) is 0 Å². The Balaban J connectivity index is 4.57. The van der Waals surface area contributed by atoms with Crippen LogP contribution in [0.1, 0.15) is 0 Å². The van der Waals surface area contributed by atoms with Gasteiger partial charge in [0.25, 0.3) is 0 Å². The van der Waals surface area contributed by atoms with Gasteiger partial charge in [-0.3, -0.25) is 0 Å². The predicted molar refractivity (Wildman–Crippen MR) is 60.7 cm³/mol. The predicted octanol–water partition coefficient (Wildman–Crippen LogP) is 2.05. The van der Waals surface area contributed by atoms with Crippen molar-refractivity contribution in [3.63, 3.8) is 0 Å². The van der Waals surface area contributed by atoms with Crippen molar-refractivity contribution in [1.82, 2.24) is 0 Å². The molecule has 0 aliphatic carbocycles. The monoisotopic (exact) mass is 230 g/mol. The topological polar surface area (TPSA) is 44.8 Å². The van der Waals surface area contributed by atoms with E-state index in [1.807, 2.05) is 19.6 Å². The van der Waals surface area contributed by atoms with Crippen LogP contribution in [0.25, 0.3) is 0 Å². The van der Waals surface area contributed by atoms with Crippen molar-refractivity contribution >= 4 is 14.3 Å². The fourth-order valence-electron chi connectivity index (χ4n) is 0.871. The number of ether oxygens (including phenoxy) is 2. The van der Waals surface area contributed by atoms with Gasteiger partial charge < -0.3 is 13.9 Å². The molecule has 0 bridgehead atoms. The third-order valence-electron chi connectivity index (χ3n) is 1.34. The Labute approximate surface area is 91.7 Å². The van der Waals surface area contributed by atoms with Gasteiger partial charge in [0.2, 0.25) is 14.1 Å². The maximum Gasteiger partial charge on any atom is 0.373 e. The molecule has 0 aliphatic rings. The third kappa shape index (κ3) is 5.95. The van der Waals surface area contributed by atoms with E-state index in [0.717, 1.165) is 0 Å². The Kier molecular flexibility index (Phi) is 5.14. The molecule has 0 saturated carbocycles. The molecule has 5 heteroatoms. The molecule has 0 unspecified atom stereocenters. The number of esters is 1. The zero-order chi connectivity index (χ0) is 12.1. The van der Waals surface area contributed by atoms with E-state index in [4.69, 9.17) is 9.16 Å². The van der Waals surface area contributed by atoms with Crippen LogP contribution in [0.2, 0.25) is 19.6 Å². The molecule has 4 nitrogen and oxygen atoms in total. The zero-order valence-corrected chi connectivity index (χ0v) is 10.9. The molecule has 0 radical (unpaired) electrons. The van der Waals surface area contributed by atoms with Crippen molar-refractivity contribution in [2.45, 2.75) is 19.6 Å². The number of rotatable bonds is 5. The van der Waals surface area contributed by atoms with Gasteiger partial charge in [0.05, 0.1) is 20.0 Å². The second kappa shape index (κ2) is 5.60. The lowest BCUT2D eigenvalue weighted by Gasteiger charge is -2.19. The molecule has 0 aromatic carbocycles. The van der Waals surface area contributed by atoms with Crippen molar-refractivity contribution in [1.29, 1.82) is 0 Å². The molecule has 15 heavy (non-hydrogen) atoms. The van der Waals surface area contributed by atoms with Crippen LogP contribution in [0, 0.1) is 0 Å². The average molecular weight is 230 g/mol. The molecule has 0 aromatic rings. The minimum Gasteiger partial charge on any atom is -0.545 e. The summed E-state index contributed by atoms with van der Waals surface area (Å²) >= 11 is 0. The van der Waals surface area contributed by atoms with Crippen LogP contribution in [-0.4, -0.2) is 28.5 Å². The highest BCUT2D eigenvalue weighted by molar-refractivity contribution is 6.70. The summed E-state index contributed by atoms with van der Waals surface area (Å²) in [4.78, 5) is 11.1. The largest absolute Gasteiger partial charge is 0.545 e. The molecule has 0 spiro atoms. The summed E-state index contributed by atoms with van der Waals surface area (Å²) in [6.45, 7) is 9.77. The van der Waals surface area contributed by atoms with E-state index in [0.29, 0.717) is 5.76 Å². The van der Waals surface area contributed by atoms with Gasteiger partial charge in [0.15, 0.2) is 0 Å². The van der Waals surface area contributed by atoms with Gasteiger partial charge in [-0.1, -0.05) is 6.58 Å². The molecular formula is C10H18O4Si. The average Bonchev–Trinajstić information content (AvgIpc) is 2.10. The van der Waals surface area contributed by atoms with Crippen LogP contribution in [-0.2, 0) is 18.7 Å². The Morgan fingerprint density at radius 3 is 2.07 bits per heavy atom. The van der Waals surface area contributed by atoms with Crippen LogP contribution in [0.3, 0.4) is 0 Å². The first-order valence-corrected chi connectivity index (χ1v) is 7.93. The van der Waals surface area contributed by atoms with Gasteiger partial charge in [-0.05, 0) is 19.6 Å². The first-order valence-electron chi connectivity index (χ1n) is 4.52. The van der Waals surface area contributed by atoms with Crippen molar-refractivity contribution < 1.29 is 18.7 Å². The van der Waals surface area contributed by atoms with Crippen LogP contribution in [0.4, 0.5) is 0 Å². The smallest absolute Gasteiger partial charge is 0.373 e. The maximum atomic E-state index is 11.1. The zero-order valence-electron chi connectivity index (χ0n) is 9.92. The summed E-state index contributed by atoms with van der Waals surface area (Å²) < 4.78 is 14.9. The lowest BCUT2D eigenvalue weighted by Crippen LogP contribution is -2.24. The molecular weight excluding hydrogens is 212 g/mol. The second-order valence-electron chi connectivity index (χ2n) is 3.89. The highest BCUT2D eigenvalue weighted by atomic mass is 28.4. The quantitative estimate of drug-likeness (QED) is 0.238. The highest BCUT2D eigenvalue weighted by Gasteiger charge is 2.17. The Morgan fingerprint density at radius 1 is 1.20 bits per heavy atom. The second-order valence-corrected chi connectivity index (χ2v) is 8.31. The molecule has 0 atom stereocenters. The normalized spacial score (nSPS) is 11.9. The van der Waals surface area contributed by atoms with E-state index in [1.165, 1.54) is 20.3 Å². The van der Waals surface area contributed by atoms with Crippen molar-refractivity contribution in [2.75, 3.05) is 14.2 Å². The van der Waals surface area contributed by atoms with E-state index in [9.17, 15) is 4.79 Å².